The zero-order valence-electron chi connectivity index (χ0n) is 6.82. The third-order valence-electron chi connectivity index (χ3n) is 2.97. The van der Waals surface area contributed by atoms with E-state index in [0.29, 0.717) is 18.4 Å². The Hall–Kier alpha value is -0.610. The molecule has 0 aromatic heterocycles. The number of rotatable bonds is 1. The van der Waals surface area contributed by atoms with Gasteiger partial charge in [-0.25, -0.2) is 5.48 Å². The van der Waals surface area contributed by atoms with E-state index in [9.17, 15) is 4.79 Å². The van der Waals surface area contributed by atoms with E-state index in [1.807, 2.05) is 0 Å². The van der Waals surface area contributed by atoms with Crippen molar-refractivity contribution in [1.29, 1.82) is 0 Å². The summed E-state index contributed by atoms with van der Waals surface area (Å²) in [6.45, 7) is 0.683. The van der Waals surface area contributed by atoms with Crippen LogP contribution in [0.25, 0.3) is 0 Å². The van der Waals surface area contributed by atoms with E-state index in [0.717, 1.165) is 6.42 Å². The normalized spacial score (nSPS) is 39.6. The number of carbonyl (C=O) groups is 1. The van der Waals surface area contributed by atoms with Crippen molar-refractivity contribution in [2.45, 2.75) is 25.4 Å². The Labute approximate surface area is 70.9 Å². The second-order valence-electron chi connectivity index (χ2n) is 3.58. The van der Waals surface area contributed by atoms with Crippen molar-refractivity contribution >= 4 is 5.91 Å². The molecule has 2 N–H and O–H groups in total. The lowest BCUT2D eigenvalue weighted by Gasteiger charge is -2.13. The van der Waals surface area contributed by atoms with E-state index in [-0.39, 0.29) is 5.91 Å². The van der Waals surface area contributed by atoms with Crippen LogP contribution >= 0.6 is 0 Å². The second kappa shape index (κ2) is 3.03. The van der Waals surface area contributed by atoms with Gasteiger partial charge in [-0.2, -0.15) is 0 Å². The van der Waals surface area contributed by atoms with Crippen LogP contribution in [0.5, 0.6) is 0 Å². The highest BCUT2D eigenvalue weighted by molar-refractivity contribution is 5.80. The van der Waals surface area contributed by atoms with Crippen molar-refractivity contribution in [3.05, 3.63) is 0 Å². The molecule has 0 spiro atoms. The zero-order valence-corrected chi connectivity index (χ0v) is 6.82. The molecule has 1 aliphatic carbocycles. The van der Waals surface area contributed by atoms with Crippen LogP contribution in [0.1, 0.15) is 19.3 Å². The van der Waals surface area contributed by atoms with Gasteiger partial charge in [-0.3, -0.25) is 10.0 Å². The molecule has 1 aliphatic heterocycles. The largest absolute Gasteiger partial charge is 0.368 e. The number of amides is 1. The van der Waals surface area contributed by atoms with Gasteiger partial charge in [0, 0.05) is 0 Å². The molecule has 2 aliphatic rings. The maximum absolute atomic E-state index is 11.1. The number of hydroxylamine groups is 1. The van der Waals surface area contributed by atoms with Gasteiger partial charge in [0.15, 0.2) is 0 Å². The smallest absolute Gasteiger partial charge is 0.272 e. The fraction of sp³-hybridized carbons (Fsp3) is 0.875. The first-order valence-corrected chi connectivity index (χ1v) is 4.38. The van der Waals surface area contributed by atoms with E-state index in [4.69, 9.17) is 9.94 Å². The van der Waals surface area contributed by atoms with Gasteiger partial charge in [0.2, 0.25) is 0 Å². The minimum absolute atomic E-state index is 0.345. The zero-order chi connectivity index (χ0) is 8.55. The quantitative estimate of drug-likeness (QED) is 0.441. The topological polar surface area (TPSA) is 58.6 Å². The molecule has 2 fully saturated rings. The monoisotopic (exact) mass is 171 g/mol. The number of hydrogen-bond acceptors (Lipinski definition) is 3. The summed E-state index contributed by atoms with van der Waals surface area (Å²) in [7, 11) is 0. The fourth-order valence-electron chi connectivity index (χ4n) is 2.36. The van der Waals surface area contributed by atoms with E-state index in [2.05, 4.69) is 0 Å². The maximum atomic E-state index is 11.1. The molecule has 1 saturated carbocycles. The molecular formula is C8H13NO3. The number of carbonyl (C=O) groups excluding carboxylic acids is 1. The van der Waals surface area contributed by atoms with Crippen LogP contribution in [0.4, 0.5) is 0 Å². The molecule has 12 heavy (non-hydrogen) atoms. The summed E-state index contributed by atoms with van der Waals surface area (Å²) in [6, 6.07) is 0. The molecule has 0 radical (unpaired) electrons. The van der Waals surface area contributed by atoms with Crippen LogP contribution in [0.15, 0.2) is 0 Å². The van der Waals surface area contributed by atoms with Crippen molar-refractivity contribution in [2.24, 2.45) is 11.8 Å². The number of hydrogen-bond donors (Lipinski definition) is 2. The van der Waals surface area contributed by atoms with Crippen molar-refractivity contribution in [3.8, 4) is 0 Å². The summed E-state index contributed by atoms with van der Waals surface area (Å²) in [5.41, 5.74) is 1.66. The molecule has 0 aromatic rings. The first-order valence-electron chi connectivity index (χ1n) is 4.38. The predicted octanol–water partition coefficient (Wildman–Crippen LogP) is 0.307. The fourth-order valence-corrected chi connectivity index (χ4v) is 2.36. The van der Waals surface area contributed by atoms with Gasteiger partial charge in [0.05, 0.1) is 6.61 Å². The SMILES string of the molecule is O=C(NO)[C@@H]1OC[C@@H]2CCC[C@@H]21. The average molecular weight is 171 g/mol. The van der Waals surface area contributed by atoms with Gasteiger partial charge in [-0.1, -0.05) is 6.42 Å². The van der Waals surface area contributed by atoms with Crippen molar-refractivity contribution in [2.75, 3.05) is 6.61 Å². The average Bonchev–Trinajstić information content (AvgIpc) is 2.62. The summed E-state index contributed by atoms with van der Waals surface area (Å²) in [6.07, 6.45) is 3.01. The predicted molar refractivity (Wildman–Crippen MR) is 40.5 cm³/mol. The van der Waals surface area contributed by atoms with Crippen LogP contribution in [0, 0.1) is 11.8 Å². The first kappa shape index (κ1) is 8.01. The molecule has 68 valence electrons. The molecule has 0 aromatic carbocycles. The Kier molecular flexibility index (Phi) is 2.02. The Morgan fingerprint density at radius 1 is 1.50 bits per heavy atom. The van der Waals surface area contributed by atoms with Gasteiger partial charge in [-0.05, 0) is 24.7 Å². The molecular weight excluding hydrogens is 158 g/mol. The van der Waals surface area contributed by atoms with E-state index >= 15 is 0 Å². The third-order valence-corrected chi connectivity index (χ3v) is 2.97. The first-order chi connectivity index (χ1) is 5.83. The molecule has 0 unspecified atom stereocenters. The highest BCUT2D eigenvalue weighted by Gasteiger charge is 2.43. The number of nitrogens with one attached hydrogen (secondary N) is 1. The molecule has 0 bridgehead atoms. The standard InChI is InChI=1S/C8H13NO3/c10-8(9-11)7-6-3-1-2-5(6)4-12-7/h5-7,11H,1-4H2,(H,9,10)/t5-,6-,7+/m0/s1. The van der Waals surface area contributed by atoms with Crippen molar-refractivity contribution in [1.82, 2.24) is 5.48 Å². The summed E-state index contributed by atoms with van der Waals surface area (Å²) in [4.78, 5) is 11.1. The summed E-state index contributed by atoms with van der Waals surface area (Å²) in [5, 5.41) is 8.44. The van der Waals surface area contributed by atoms with Gasteiger partial charge >= 0.3 is 0 Å². The summed E-state index contributed by atoms with van der Waals surface area (Å²) in [5.74, 6) is 0.508. The molecule has 2 rings (SSSR count). The minimum atomic E-state index is -0.400. The lowest BCUT2D eigenvalue weighted by molar-refractivity contribution is -0.140. The Morgan fingerprint density at radius 2 is 2.33 bits per heavy atom. The maximum Gasteiger partial charge on any atom is 0.272 e. The highest BCUT2D eigenvalue weighted by Crippen LogP contribution is 2.40. The van der Waals surface area contributed by atoms with Crippen molar-refractivity contribution < 1.29 is 14.7 Å². The Bertz CT molecular complexity index is 195. The van der Waals surface area contributed by atoms with Gasteiger partial charge in [0.1, 0.15) is 6.10 Å². The molecule has 1 heterocycles. The Balaban J connectivity index is 2.04. The van der Waals surface area contributed by atoms with E-state index in [1.165, 1.54) is 12.8 Å². The van der Waals surface area contributed by atoms with Crippen LogP contribution < -0.4 is 5.48 Å². The third kappa shape index (κ3) is 1.11. The minimum Gasteiger partial charge on any atom is -0.368 e. The lowest BCUT2D eigenvalue weighted by Crippen LogP contribution is -2.36. The molecule has 4 heteroatoms. The molecule has 4 nitrogen and oxygen atoms in total. The highest BCUT2D eigenvalue weighted by atomic mass is 16.5. The summed E-state index contributed by atoms with van der Waals surface area (Å²) >= 11 is 0. The van der Waals surface area contributed by atoms with Gasteiger partial charge in [0.25, 0.3) is 5.91 Å². The number of ether oxygens (including phenoxy) is 1. The van der Waals surface area contributed by atoms with E-state index < -0.39 is 6.10 Å². The second-order valence-corrected chi connectivity index (χ2v) is 3.58. The van der Waals surface area contributed by atoms with Crippen molar-refractivity contribution in [3.63, 3.8) is 0 Å². The van der Waals surface area contributed by atoms with Gasteiger partial charge < -0.3 is 4.74 Å². The molecule has 3 atom stereocenters. The molecule has 1 amide bonds. The molecule has 1 saturated heterocycles. The van der Waals surface area contributed by atoms with Crippen LogP contribution in [-0.2, 0) is 9.53 Å². The van der Waals surface area contributed by atoms with E-state index in [1.54, 1.807) is 5.48 Å². The van der Waals surface area contributed by atoms with Crippen LogP contribution in [0.2, 0.25) is 0 Å². The summed E-state index contributed by atoms with van der Waals surface area (Å²) < 4.78 is 5.30. The van der Waals surface area contributed by atoms with Crippen LogP contribution in [-0.4, -0.2) is 23.8 Å². The lowest BCUT2D eigenvalue weighted by atomic mass is 9.94. The van der Waals surface area contributed by atoms with Crippen LogP contribution in [0.3, 0.4) is 0 Å². The number of fused-ring (bicyclic) bond motifs is 1. The van der Waals surface area contributed by atoms with Gasteiger partial charge in [-0.15, -0.1) is 0 Å². The Morgan fingerprint density at radius 3 is 3.08 bits per heavy atom.